The molecule has 0 saturated heterocycles. The SMILES string of the molecule is COCCC(C)(C)CNC1CCCC(C)(C)CC1. The third-order valence-electron chi connectivity index (χ3n) is 4.43. The maximum atomic E-state index is 5.19. The maximum absolute atomic E-state index is 5.19. The van der Waals surface area contributed by atoms with E-state index in [1.165, 1.54) is 32.1 Å². The molecule has 2 nitrogen and oxygen atoms in total. The Morgan fingerprint density at radius 1 is 1.22 bits per heavy atom. The lowest BCUT2D eigenvalue weighted by molar-refractivity contribution is 0.148. The Bertz CT molecular complexity index is 235. The molecule has 0 aromatic rings. The number of hydrogen-bond donors (Lipinski definition) is 1. The first-order valence-electron chi connectivity index (χ1n) is 7.57. The van der Waals surface area contributed by atoms with E-state index in [0.29, 0.717) is 10.8 Å². The van der Waals surface area contributed by atoms with E-state index in [1.54, 1.807) is 7.11 Å². The highest BCUT2D eigenvalue weighted by molar-refractivity contribution is 4.81. The zero-order valence-corrected chi connectivity index (χ0v) is 13.1. The molecule has 0 aromatic heterocycles. The van der Waals surface area contributed by atoms with Gasteiger partial charge in [0.25, 0.3) is 0 Å². The van der Waals surface area contributed by atoms with Gasteiger partial charge >= 0.3 is 0 Å². The van der Waals surface area contributed by atoms with Crippen LogP contribution in [0.5, 0.6) is 0 Å². The van der Waals surface area contributed by atoms with Crippen molar-refractivity contribution in [3.63, 3.8) is 0 Å². The average molecular weight is 255 g/mol. The molecule has 18 heavy (non-hydrogen) atoms. The first-order valence-corrected chi connectivity index (χ1v) is 7.57. The average Bonchev–Trinajstić information content (AvgIpc) is 2.45. The summed E-state index contributed by atoms with van der Waals surface area (Å²) in [7, 11) is 1.79. The summed E-state index contributed by atoms with van der Waals surface area (Å²) in [5.74, 6) is 0. The van der Waals surface area contributed by atoms with Gasteiger partial charge in [0.05, 0.1) is 0 Å². The fourth-order valence-corrected chi connectivity index (χ4v) is 2.75. The molecule has 1 aliphatic carbocycles. The molecule has 1 saturated carbocycles. The van der Waals surface area contributed by atoms with Crippen LogP contribution >= 0.6 is 0 Å². The van der Waals surface area contributed by atoms with E-state index in [-0.39, 0.29) is 0 Å². The van der Waals surface area contributed by atoms with Gasteiger partial charge in [0.15, 0.2) is 0 Å². The van der Waals surface area contributed by atoms with Crippen molar-refractivity contribution in [2.75, 3.05) is 20.3 Å². The number of hydrogen-bond acceptors (Lipinski definition) is 2. The Hall–Kier alpha value is -0.0800. The predicted molar refractivity (Wildman–Crippen MR) is 78.9 cm³/mol. The minimum absolute atomic E-state index is 0.345. The number of ether oxygens (including phenoxy) is 1. The van der Waals surface area contributed by atoms with Crippen molar-refractivity contribution in [1.29, 1.82) is 0 Å². The first kappa shape index (κ1) is 16.0. The van der Waals surface area contributed by atoms with Crippen molar-refractivity contribution in [1.82, 2.24) is 5.32 Å². The summed E-state index contributed by atoms with van der Waals surface area (Å²) in [6.45, 7) is 11.5. The monoisotopic (exact) mass is 255 g/mol. The van der Waals surface area contributed by atoms with Gasteiger partial charge in [0, 0.05) is 26.3 Å². The highest BCUT2D eigenvalue weighted by Gasteiger charge is 2.25. The van der Waals surface area contributed by atoms with Gasteiger partial charge in [-0.25, -0.2) is 0 Å². The quantitative estimate of drug-likeness (QED) is 0.724. The molecular weight excluding hydrogens is 222 g/mol. The van der Waals surface area contributed by atoms with Crippen molar-refractivity contribution in [3.8, 4) is 0 Å². The standard InChI is InChI=1S/C16H33NO/c1-15(2)9-6-7-14(8-10-15)17-13-16(3,4)11-12-18-5/h14,17H,6-13H2,1-5H3. The minimum atomic E-state index is 0.345. The normalized spacial score (nSPS) is 24.8. The summed E-state index contributed by atoms with van der Waals surface area (Å²) < 4.78 is 5.19. The molecule has 1 atom stereocenters. The molecule has 0 heterocycles. The second-order valence-electron chi connectivity index (χ2n) is 7.58. The molecule has 0 bridgehead atoms. The van der Waals surface area contributed by atoms with Crippen LogP contribution in [0.3, 0.4) is 0 Å². The van der Waals surface area contributed by atoms with E-state index >= 15 is 0 Å². The Kier molecular flexibility index (Phi) is 6.13. The molecule has 1 N–H and O–H groups in total. The third kappa shape index (κ3) is 6.19. The van der Waals surface area contributed by atoms with Crippen LogP contribution in [0.4, 0.5) is 0 Å². The highest BCUT2D eigenvalue weighted by atomic mass is 16.5. The van der Waals surface area contributed by atoms with Gasteiger partial charge in [-0.3, -0.25) is 0 Å². The van der Waals surface area contributed by atoms with E-state index in [2.05, 4.69) is 33.0 Å². The lowest BCUT2D eigenvalue weighted by Gasteiger charge is -2.28. The largest absolute Gasteiger partial charge is 0.385 e. The van der Waals surface area contributed by atoms with E-state index in [4.69, 9.17) is 4.74 Å². The van der Waals surface area contributed by atoms with Crippen LogP contribution in [0.15, 0.2) is 0 Å². The Labute approximate surface area is 114 Å². The molecule has 108 valence electrons. The smallest absolute Gasteiger partial charge is 0.0467 e. The van der Waals surface area contributed by atoms with Crippen molar-refractivity contribution in [2.45, 2.75) is 72.3 Å². The van der Waals surface area contributed by atoms with Gasteiger partial charge in [-0.05, 0) is 42.9 Å². The molecular formula is C16H33NO. The first-order chi connectivity index (χ1) is 8.35. The van der Waals surface area contributed by atoms with Gasteiger partial charge < -0.3 is 10.1 Å². The second-order valence-corrected chi connectivity index (χ2v) is 7.58. The van der Waals surface area contributed by atoms with Crippen LogP contribution in [0, 0.1) is 10.8 Å². The molecule has 2 heteroatoms. The summed E-state index contributed by atoms with van der Waals surface area (Å²) in [5.41, 5.74) is 0.903. The van der Waals surface area contributed by atoms with E-state index in [9.17, 15) is 0 Å². The molecule has 1 fully saturated rings. The minimum Gasteiger partial charge on any atom is -0.385 e. The fourth-order valence-electron chi connectivity index (χ4n) is 2.75. The molecule has 1 aliphatic rings. The topological polar surface area (TPSA) is 21.3 Å². The summed E-state index contributed by atoms with van der Waals surface area (Å²) in [4.78, 5) is 0. The lowest BCUT2D eigenvalue weighted by Crippen LogP contribution is -2.37. The summed E-state index contributed by atoms with van der Waals surface area (Å²) in [6, 6.07) is 0.730. The van der Waals surface area contributed by atoms with Crippen LogP contribution in [-0.2, 0) is 4.74 Å². The Balaban J connectivity index is 2.30. The van der Waals surface area contributed by atoms with Crippen LogP contribution < -0.4 is 5.32 Å². The zero-order valence-electron chi connectivity index (χ0n) is 13.1. The van der Waals surface area contributed by atoms with Crippen LogP contribution in [-0.4, -0.2) is 26.3 Å². The van der Waals surface area contributed by atoms with Gasteiger partial charge in [0.1, 0.15) is 0 Å². The van der Waals surface area contributed by atoms with Crippen molar-refractivity contribution in [3.05, 3.63) is 0 Å². The zero-order chi connectivity index (χ0) is 13.6. The fraction of sp³-hybridized carbons (Fsp3) is 1.00. The van der Waals surface area contributed by atoms with Gasteiger partial charge in [-0.2, -0.15) is 0 Å². The molecule has 1 unspecified atom stereocenters. The van der Waals surface area contributed by atoms with E-state index in [1.807, 2.05) is 0 Å². The van der Waals surface area contributed by atoms with Gasteiger partial charge in [-0.15, -0.1) is 0 Å². The summed E-state index contributed by atoms with van der Waals surface area (Å²) >= 11 is 0. The lowest BCUT2D eigenvalue weighted by atomic mass is 9.85. The second kappa shape index (κ2) is 6.91. The molecule has 0 aromatic carbocycles. The number of nitrogens with one attached hydrogen (secondary N) is 1. The molecule has 0 aliphatic heterocycles. The van der Waals surface area contributed by atoms with Crippen LogP contribution in [0.25, 0.3) is 0 Å². The van der Waals surface area contributed by atoms with Crippen molar-refractivity contribution in [2.24, 2.45) is 10.8 Å². The Morgan fingerprint density at radius 3 is 2.61 bits per heavy atom. The Morgan fingerprint density at radius 2 is 1.94 bits per heavy atom. The molecule has 0 radical (unpaired) electrons. The van der Waals surface area contributed by atoms with E-state index in [0.717, 1.165) is 25.6 Å². The van der Waals surface area contributed by atoms with Gasteiger partial charge in [0.2, 0.25) is 0 Å². The number of methoxy groups -OCH3 is 1. The van der Waals surface area contributed by atoms with Crippen molar-refractivity contribution < 1.29 is 4.74 Å². The van der Waals surface area contributed by atoms with Crippen LogP contribution in [0.1, 0.15) is 66.2 Å². The van der Waals surface area contributed by atoms with Gasteiger partial charge in [-0.1, -0.05) is 34.1 Å². The van der Waals surface area contributed by atoms with Crippen LogP contribution in [0.2, 0.25) is 0 Å². The molecule has 1 rings (SSSR count). The summed E-state index contributed by atoms with van der Waals surface area (Å²) in [6.07, 6.45) is 7.95. The highest BCUT2D eigenvalue weighted by Crippen LogP contribution is 2.34. The summed E-state index contributed by atoms with van der Waals surface area (Å²) in [5, 5.41) is 3.79. The molecule has 0 spiro atoms. The third-order valence-corrected chi connectivity index (χ3v) is 4.43. The maximum Gasteiger partial charge on any atom is 0.0467 e. The number of rotatable bonds is 6. The molecule has 0 amide bonds. The van der Waals surface area contributed by atoms with Crippen molar-refractivity contribution >= 4 is 0 Å². The predicted octanol–water partition coefficient (Wildman–Crippen LogP) is 4.00. The van der Waals surface area contributed by atoms with E-state index < -0.39 is 0 Å².